The molecule has 0 saturated heterocycles. The average Bonchev–Trinajstić information content (AvgIpc) is 2.37. The van der Waals surface area contributed by atoms with Gasteiger partial charge < -0.3 is 10.4 Å². The maximum atomic E-state index is 12.0. The fourth-order valence-corrected chi connectivity index (χ4v) is 2.43. The zero-order chi connectivity index (χ0) is 16.0. The lowest BCUT2D eigenvalue weighted by molar-refractivity contribution is -0.138. The van der Waals surface area contributed by atoms with Crippen LogP contribution in [0.4, 0.5) is 0 Å². The molecular formula is C15H19Cl2NO3. The minimum atomic E-state index is -0.857. The van der Waals surface area contributed by atoms with Crippen LogP contribution < -0.4 is 5.32 Å². The van der Waals surface area contributed by atoms with E-state index in [4.69, 9.17) is 28.3 Å². The predicted molar refractivity (Wildman–Crippen MR) is 84.0 cm³/mol. The molecule has 1 rings (SSSR count). The molecule has 0 unspecified atom stereocenters. The Bertz CT molecular complexity index is 518. The van der Waals surface area contributed by atoms with E-state index in [2.05, 4.69) is 5.32 Å². The Balaban J connectivity index is 2.63. The fourth-order valence-electron chi connectivity index (χ4n) is 2.13. The van der Waals surface area contributed by atoms with Gasteiger partial charge in [0.05, 0.1) is 10.0 Å². The molecule has 0 saturated carbocycles. The molecule has 0 aliphatic rings. The van der Waals surface area contributed by atoms with Crippen molar-refractivity contribution < 1.29 is 14.7 Å². The number of amides is 1. The quantitative estimate of drug-likeness (QED) is 0.797. The number of carbonyl (C=O) groups is 2. The first-order valence-electron chi connectivity index (χ1n) is 6.74. The molecule has 21 heavy (non-hydrogen) atoms. The highest BCUT2D eigenvalue weighted by atomic mass is 35.5. The molecule has 0 bridgehead atoms. The first-order chi connectivity index (χ1) is 9.79. The van der Waals surface area contributed by atoms with Gasteiger partial charge in [-0.3, -0.25) is 9.59 Å². The Hall–Kier alpha value is -1.26. The van der Waals surface area contributed by atoms with Gasteiger partial charge in [0.25, 0.3) is 5.91 Å². The summed E-state index contributed by atoms with van der Waals surface area (Å²) in [5.41, 5.74) is 0.406. The highest BCUT2D eigenvalue weighted by Crippen LogP contribution is 2.22. The number of carbonyl (C=O) groups excluding carboxylic acids is 1. The van der Waals surface area contributed by atoms with Crippen molar-refractivity contribution >= 4 is 35.1 Å². The average molecular weight is 332 g/mol. The van der Waals surface area contributed by atoms with Gasteiger partial charge in [0, 0.05) is 18.5 Å². The third kappa shape index (κ3) is 6.36. The van der Waals surface area contributed by atoms with Gasteiger partial charge in [0.15, 0.2) is 0 Å². The molecule has 6 heteroatoms. The Morgan fingerprint density at radius 1 is 1.24 bits per heavy atom. The summed E-state index contributed by atoms with van der Waals surface area (Å²) in [6.45, 7) is 4.37. The Kier molecular flexibility index (Phi) is 6.99. The molecule has 1 aromatic rings. The predicted octanol–water partition coefficient (Wildman–Crippen LogP) is 3.86. The van der Waals surface area contributed by atoms with Gasteiger partial charge in [-0.25, -0.2) is 0 Å². The second kappa shape index (κ2) is 8.25. The maximum absolute atomic E-state index is 12.0. The minimum Gasteiger partial charge on any atom is -0.481 e. The monoisotopic (exact) mass is 331 g/mol. The van der Waals surface area contributed by atoms with E-state index < -0.39 is 5.97 Å². The normalized spacial score (nSPS) is 12.2. The SMILES string of the molecule is CC(C)C[C@H](CNC(=O)c1ccc(Cl)c(Cl)c1)CC(=O)O. The lowest BCUT2D eigenvalue weighted by Gasteiger charge is -2.17. The molecule has 0 heterocycles. The second-order valence-electron chi connectivity index (χ2n) is 5.43. The van der Waals surface area contributed by atoms with Gasteiger partial charge in [-0.2, -0.15) is 0 Å². The summed E-state index contributed by atoms with van der Waals surface area (Å²) in [7, 11) is 0. The molecule has 0 aliphatic heterocycles. The van der Waals surface area contributed by atoms with Crippen LogP contribution >= 0.6 is 23.2 Å². The number of hydrogen-bond donors (Lipinski definition) is 2. The van der Waals surface area contributed by atoms with Crippen molar-refractivity contribution in [1.29, 1.82) is 0 Å². The van der Waals surface area contributed by atoms with E-state index in [0.29, 0.717) is 28.1 Å². The van der Waals surface area contributed by atoms with Gasteiger partial charge >= 0.3 is 5.97 Å². The highest BCUT2D eigenvalue weighted by Gasteiger charge is 2.17. The fraction of sp³-hybridized carbons (Fsp3) is 0.467. The summed E-state index contributed by atoms with van der Waals surface area (Å²) in [5, 5.41) is 12.4. The summed E-state index contributed by atoms with van der Waals surface area (Å²) in [6.07, 6.45) is 0.786. The van der Waals surface area contributed by atoms with Gasteiger partial charge in [-0.1, -0.05) is 37.0 Å². The number of rotatable bonds is 7. The largest absolute Gasteiger partial charge is 0.481 e. The van der Waals surface area contributed by atoms with Crippen molar-refractivity contribution in [2.75, 3.05) is 6.54 Å². The van der Waals surface area contributed by atoms with Crippen molar-refractivity contribution in [1.82, 2.24) is 5.32 Å². The lowest BCUT2D eigenvalue weighted by atomic mass is 9.94. The topological polar surface area (TPSA) is 66.4 Å². The van der Waals surface area contributed by atoms with Crippen LogP contribution in [-0.2, 0) is 4.79 Å². The first kappa shape index (κ1) is 17.8. The van der Waals surface area contributed by atoms with E-state index in [9.17, 15) is 9.59 Å². The van der Waals surface area contributed by atoms with Crippen molar-refractivity contribution in [3.8, 4) is 0 Å². The first-order valence-corrected chi connectivity index (χ1v) is 7.50. The van der Waals surface area contributed by atoms with Gasteiger partial charge in [-0.05, 0) is 36.5 Å². The van der Waals surface area contributed by atoms with Gasteiger partial charge in [0.2, 0.25) is 0 Å². The number of halogens is 2. The molecule has 116 valence electrons. The number of aliphatic carboxylic acids is 1. The molecule has 0 aromatic heterocycles. The number of hydrogen-bond acceptors (Lipinski definition) is 2. The summed E-state index contributed by atoms with van der Waals surface area (Å²) in [4.78, 5) is 22.9. The summed E-state index contributed by atoms with van der Waals surface area (Å²) in [6, 6.07) is 4.63. The number of nitrogens with one attached hydrogen (secondary N) is 1. The van der Waals surface area contributed by atoms with Crippen molar-refractivity contribution in [3.63, 3.8) is 0 Å². The zero-order valence-corrected chi connectivity index (χ0v) is 13.5. The van der Waals surface area contributed by atoms with Crippen LogP contribution in [0.2, 0.25) is 10.0 Å². The smallest absolute Gasteiger partial charge is 0.303 e. The van der Waals surface area contributed by atoms with Crippen LogP contribution in [0.1, 0.15) is 37.0 Å². The number of carboxylic acid groups (broad SMARTS) is 1. The van der Waals surface area contributed by atoms with Crippen LogP contribution in [0.25, 0.3) is 0 Å². The van der Waals surface area contributed by atoms with E-state index >= 15 is 0 Å². The van der Waals surface area contributed by atoms with E-state index in [1.54, 1.807) is 12.1 Å². The van der Waals surface area contributed by atoms with E-state index in [-0.39, 0.29) is 18.2 Å². The molecule has 4 nitrogen and oxygen atoms in total. The molecule has 1 atom stereocenters. The Morgan fingerprint density at radius 3 is 2.43 bits per heavy atom. The molecule has 0 spiro atoms. The summed E-state index contributed by atoms with van der Waals surface area (Å²) >= 11 is 11.7. The van der Waals surface area contributed by atoms with Crippen LogP contribution in [0.15, 0.2) is 18.2 Å². The van der Waals surface area contributed by atoms with Crippen molar-refractivity contribution in [2.24, 2.45) is 11.8 Å². The Labute approximate surface area is 134 Å². The van der Waals surface area contributed by atoms with Crippen LogP contribution in [0, 0.1) is 11.8 Å². The molecule has 0 radical (unpaired) electrons. The van der Waals surface area contributed by atoms with Crippen LogP contribution in [0.3, 0.4) is 0 Å². The molecule has 1 aromatic carbocycles. The Morgan fingerprint density at radius 2 is 1.90 bits per heavy atom. The van der Waals surface area contributed by atoms with E-state index in [0.717, 1.165) is 6.42 Å². The number of carboxylic acids is 1. The lowest BCUT2D eigenvalue weighted by Crippen LogP contribution is -2.31. The van der Waals surface area contributed by atoms with Crippen LogP contribution in [-0.4, -0.2) is 23.5 Å². The van der Waals surface area contributed by atoms with Gasteiger partial charge in [-0.15, -0.1) is 0 Å². The van der Waals surface area contributed by atoms with E-state index in [1.807, 2.05) is 13.8 Å². The standard InChI is InChI=1S/C15H19Cl2NO3/c1-9(2)5-10(6-14(19)20)8-18-15(21)11-3-4-12(16)13(17)7-11/h3-4,7,9-10H,5-6,8H2,1-2H3,(H,18,21)(H,19,20)/t10-/m0/s1. The van der Waals surface area contributed by atoms with Crippen molar-refractivity contribution in [3.05, 3.63) is 33.8 Å². The number of benzene rings is 1. The second-order valence-corrected chi connectivity index (χ2v) is 6.25. The summed E-state index contributed by atoms with van der Waals surface area (Å²) in [5.74, 6) is -0.859. The van der Waals surface area contributed by atoms with Crippen LogP contribution in [0.5, 0.6) is 0 Å². The minimum absolute atomic E-state index is 0.0415. The third-order valence-corrected chi connectivity index (χ3v) is 3.74. The molecule has 1 amide bonds. The molecule has 2 N–H and O–H groups in total. The highest BCUT2D eigenvalue weighted by molar-refractivity contribution is 6.42. The third-order valence-electron chi connectivity index (χ3n) is 3.00. The van der Waals surface area contributed by atoms with Gasteiger partial charge in [0.1, 0.15) is 0 Å². The molecule has 0 fully saturated rings. The zero-order valence-electron chi connectivity index (χ0n) is 12.0. The molecule has 0 aliphatic carbocycles. The molecular weight excluding hydrogens is 313 g/mol. The maximum Gasteiger partial charge on any atom is 0.303 e. The van der Waals surface area contributed by atoms with E-state index in [1.165, 1.54) is 6.07 Å². The summed E-state index contributed by atoms with van der Waals surface area (Å²) < 4.78 is 0. The van der Waals surface area contributed by atoms with Crippen molar-refractivity contribution in [2.45, 2.75) is 26.7 Å².